The molecule has 3 aromatic rings. The third-order valence-electron chi connectivity index (χ3n) is 4.12. The van der Waals surface area contributed by atoms with Crippen LogP contribution in [0.3, 0.4) is 0 Å². The summed E-state index contributed by atoms with van der Waals surface area (Å²) < 4.78 is 5.14. The van der Waals surface area contributed by atoms with Gasteiger partial charge in [-0.3, -0.25) is 14.6 Å². The molecule has 0 spiro atoms. The summed E-state index contributed by atoms with van der Waals surface area (Å²) in [5.41, 5.74) is 2.29. The molecule has 0 saturated heterocycles. The molecule has 2 N–H and O–H groups in total. The molecule has 3 rings (SSSR count). The minimum Gasteiger partial charge on any atom is -0.497 e. The van der Waals surface area contributed by atoms with Gasteiger partial charge in [-0.25, -0.2) is 0 Å². The highest BCUT2D eigenvalue weighted by Crippen LogP contribution is 2.17. The lowest BCUT2D eigenvalue weighted by Crippen LogP contribution is -2.26. The van der Waals surface area contributed by atoms with Gasteiger partial charge in [-0.1, -0.05) is 36.4 Å². The van der Waals surface area contributed by atoms with Crippen LogP contribution in [0.1, 0.15) is 26.4 Å². The number of carbonyl (C=O) groups is 2. The van der Waals surface area contributed by atoms with Crippen molar-refractivity contribution >= 4 is 17.5 Å². The van der Waals surface area contributed by atoms with Crippen molar-refractivity contribution < 1.29 is 14.3 Å². The number of methoxy groups -OCH3 is 1. The second kappa shape index (κ2) is 9.32. The van der Waals surface area contributed by atoms with Crippen LogP contribution in [-0.2, 0) is 6.42 Å². The number of benzene rings is 2. The molecule has 0 radical (unpaired) electrons. The minimum absolute atomic E-state index is 0.165. The predicted molar refractivity (Wildman–Crippen MR) is 108 cm³/mol. The van der Waals surface area contributed by atoms with E-state index in [-0.39, 0.29) is 11.6 Å². The molecule has 0 saturated carbocycles. The quantitative estimate of drug-likeness (QED) is 0.664. The van der Waals surface area contributed by atoms with Crippen molar-refractivity contribution in [3.05, 3.63) is 89.7 Å². The van der Waals surface area contributed by atoms with E-state index in [1.165, 1.54) is 12.3 Å². The Kier molecular flexibility index (Phi) is 6.36. The standard InChI is InChI=1S/C22H21N3O3/c1-28-19-9-5-8-18(15-19)25-22(27)20-14-17(11-13-23-20)21(26)24-12-10-16-6-3-2-4-7-16/h2-9,11,13-15H,10,12H2,1H3,(H,24,26)(H,25,27). The molecule has 0 aliphatic heterocycles. The minimum atomic E-state index is -0.396. The Morgan fingerprint density at radius 2 is 1.79 bits per heavy atom. The first kappa shape index (κ1) is 19.1. The van der Waals surface area contributed by atoms with Crippen molar-refractivity contribution in [1.82, 2.24) is 10.3 Å². The third kappa shape index (κ3) is 5.17. The van der Waals surface area contributed by atoms with E-state index in [1.807, 2.05) is 30.3 Å². The topological polar surface area (TPSA) is 80.3 Å². The molecule has 0 bridgehead atoms. The second-order valence-corrected chi connectivity index (χ2v) is 6.11. The molecule has 6 nitrogen and oxygen atoms in total. The molecule has 0 aliphatic rings. The smallest absolute Gasteiger partial charge is 0.274 e. The zero-order valence-corrected chi connectivity index (χ0v) is 15.5. The summed E-state index contributed by atoms with van der Waals surface area (Å²) >= 11 is 0. The highest BCUT2D eigenvalue weighted by atomic mass is 16.5. The molecule has 0 aliphatic carbocycles. The first-order valence-corrected chi connectivity index (χ1v) is 8.89. The van der Waals surface area contributed by atoms with Crippen molar-refractivity contribution in [2.75, 3.05) is 19.0 Å². The Bertz CT molecular complexity index is 958. The number of amides is 2. The highest BCUT2D eigenvalue weighted by Gasteiger charge is 2.12. The molecule has 1 aromatic heterocycles. The van der Waals surface area contributed by atoms with Crippen molar-refractivity contribution in [3.63, 3.8) is 0 Å². The monoisotopic (exact) mass is 375 g/mol. The number of pyridine rings is 1. The Hall–Kier alpha value is -3.67. The van der Waals surface area contributed by atoms with Crippen LogP contribution in [0.25, 0.3) is 0 Å². The van der Waals surface area contributed by atoms with E-state index >= 15 is 0 Å². The fraction of sp³-hybridized carbons (Fsp3) is 0.136. The molecule has 2 aromatic carbocycles. The van der Waals surface area contributed by atoms with Crippen LogP contribution in [0.4, 0.5) is 5.69 Å². The average molecular weight is 375 g/mol. The summed E-state index contributed by atoms with van der Waals surface area (Å²) in [6.45, 7) is 0.510. The average Bonchev–Trinajstić information content (AvgIpc) is 2.74. The number of nitrogens with one attached hydrogen (secondary N) is 2. The van der Waals surface area contributed by atoms with E-state index in [9.17, 15) is 9.59 Å². The van der Waals surface area contributed by atoms with Gasteiger partial charge in [0.1, 0.15) is 11.4 Å². The fourth-order valence-corrected chi connectivity index (χ4v) is 2.66. The van der Waals surface area contributed by atoms with Crippen LogP contribution < -0.4 is 15.4 Å². The maximum absolute atomic E-state index is 12.4. The van der Waals surface area contributed by atoms with Gasteiger partial charge in [-0.05, 0) is 36.2 Å². The number of anilines is 1. The van der Waals surface area contributed by atoms with Gasteiger partial charge in [0.15, 0.2) is 0 Å². The van der Waals surface area contributed by atoms with Gasteiger partial charge >= 0.3 is 0 Å². The van der Waals surface area contributed by atoms with Gasteiger partial charge in [-0.15, -0.1) is 0 Å². The highest BCUT2D eigenvalue weighted by molar-refractivity contribution is 6.04. The normalized spacial score (nSPS) is 10.2. The van der Waals surface area contributed by atoms with Gasteiger partial charge < -0.3 is 15.4 Å². The number of rotatable bonds is 7. The van der Waals surface area contributed by atoms with E-state index in [2.05, 4.69) is 15.6 Å². The number of hydrogen-bond acceptors (Lipinski definition) is 4. The first-order chi connectivity index (χ1) is 13.7. The lowest BCUT2D eigenvalue weighted by atomic mass is 10.1. The predicted octanol–water partition coefficient (Wildman–Crippen LogP) is 3.32. The van der Waals surface area contributed by atoms with Gasteiger partial charge in [-0.2, -0.15) is 0 Å². The molecule has 6 heteroatoms. The van der Waals surface area contributed by atoms with Crippen LogP contribution in [0.2, 0.25) is 0 Å². The molecule has 28 heavy (non-hydrogen) atoms. The molecule has 0 fully saturated rings. The summed E-state index contributed by atoms with van der Waals surface area (Å²) in [5.74, 6) is -0.00162. The molecule has 0 atom stereocenters. The number of aromatic nitrogens is 1. The van der Waals surface area contributed by atoms with Gasteiger partial charge in [0.25, 0.3) is 11.8 Å². The summed E-state index contributed by atoms with van der Waals surface area (Å²) in [7, 11) is 1.56. The van der Waals surface area contributed by atoms with Gasteiger partial charge in [0.05, 0.1) is 7.11 Å². The van der Waals surface area contributed by atoms with Gasteiger partial charge in [0, 0.05) is 30.1 Å². The van der Waals surface area contributed by atoms with Gasteiger partial charge in [0.2, 0.25) is 0 Å². The molecular weight excluding hydrogens is 354 g/mol. The Morgan fingerprint density at radius 3 is 2.57 bits per heavy atom. The Morgan fingerprint density at radius 1 is 0.964 bits per heavy atom. The number of nitrogens with zero attached hydrogens (tertiary/aromatic N) is 1. The lowest BCUT2D eigenvalue weighted by Gasteiger charge is -2.08. The molecule has 142 valence electrons. The number of hydrogen-bond donors (Lipinski definition) is 2. The molecule has 1 heterocycles. The Balaban J connectivity index is 1.60. The number of ether oxygens (including phenoxy) is 1. The molecule has 0 unspecified atom stereocenters. The van der Waals surface area contributed by atoms with Crippen LogP contribution in [0.15, 0.2) is 72.9 Å². The zero-order valence-electron chi connectivity index (χ0n) is 15.5. The van der Waals surface area contributed by atoms with E-state index in [0.29, 0.717) is 23.5 Å². The summed E-state index contributed by atoms with van der Waals surface area (Å²) in [5, 5.41) is 5.61. The molecular formula is C22H21N3O3. The SMILES string of the molecule is COc1cccc(NC(=O)c2cc(C(=O)NCCc3ccccc3)ccn2)c1. The summed E-state index contributed by atoms with van der Waals surface area (Å²) in [6, 6.07) is 20.0. The third-order valence-corrected chi connectivity index (χ3v) is 4.12. The summed E-state index contributed by atoms with van der Waals surface area (Å²) in [6.07, 6.45) is 2.19. The van der Waals surface area contributed by atoms with Crippen LogP contribution in [0, 0.1) is 0 Å². The first-order valence-electron chi connectivity index (χ1n) is 8.89. The zero-order chi connectivity index (χ0) is 19.8. The maximum atomic E-state index is 12.4. The van der Waals surface area contributed by atoms with Crippen LogP contribution in [-0.4, -0.2) is 30.5 Å². The summed E-state index contributed by atoms with van der Waals surface area (Å²) in [4.78, 5) is 28.9. The van der Waals surface area contributed by atoms with E-state index in [4.69, 9.17) is 4.74 Å². The van der Waals surface area contributed by atoms with Crippen molar-refractivity contribution in [2.24, 2.45) is 0 Å². The molecule has 2 amide bonds. The second-order valence-electron chi connectivity index (χ2n) is 6.11. The van der Waals surface area contributed by atoms with Crippen molar-refractivity contribution in [2.45, 2.75) is 6.42 Å². The van der Waals surface area contributed by atoms with E-state index in [0.717, 1.165) is 12.0 Å². The maximum Gasteiger partial charge on any atom is 0.274 e. The lowest BCUT2D eigenvalue weighted by molar-refractivity contribution is 0.0954. The van der Waals surface area contributed by atoms with Crippen LogP contribution in [0.5, 0.6) is 5.75 Å². The van der Waals surface area contributed by atoms with Crippen molar-refractivity contribution in [3.8, 4) is 5.75 Å². The largest absolute Gasteiger partial charge is 0.497 e. The fourth-order valence-electron chi connectivity index (χ4n) is 2.66. The van der Waals surface area contributed by atoms with E-state index < -0.39 is 5.91 Å². The van der Waals surface area contributed by atoms with Crippen molar-refractivity contribution in [1.29, 1.82) is 0 Å². The Labute approximate surface area is 163 Å². The van der Waals surface area contributed by atoms with E-state index in [1.54, 1.807) is 37.4 Å². The number of carbonyl (C=O) groups excluding carboxylic acids is 2. The van der Waals surface area contributed by atoms with Crippen LogP contribution >= 0.6 is 0 Å².